The summed E-state index contributed by atoms with van der Waals surface area (Å²) in [5, 5.41) is 23.1. The molecule has 1 aromatic carbocycles. The van der Waals surface area contributed by atoms with Gasteiger partial charge in [0.2, 0.25) is 0 Å². The highest BCUT2D eigenvalue weighted by molar-refractivity contribution is 5.98. The van der Waals surface area contributed by atoms with Crippen molar-refractivity contribution in [3.05, 3.63) is 35.4 Å². The first-order valence-corrected chi connectivity index (χ1v) is 7.02. The van der Waals surface area contributed by atoms with Crippen LogP contribution in [0.2, 0.25) is 0 Å². The first-order valence-electron chi connectivity index (χ1n) is 7.02. The van der Waals surface area contributed by atoms with Crippen LogP contribution in [-0.4, -0.2) is 21.8 Å². The monoisotopic (exact) mass is 308 g/mol. The molecule has 4 heteroatoms. The molecule has 0 spiro atoms. The summed E-state index contributed by atoms with van der Waals surface area (Å²) < 4.78 is 0. The quantitative estimate of drug-likeness (QED) is 0.409. The minimum absolute atomic E-state index is 0. The predicted octanol–water partition coefficient (Wildman–Crippen LogP) is 5.49. The third-order valence-electron chi connectivity index (χ3n) is 3.61. The van der Waals surface area contributed by atoms with Crippen LogP contribution in [0.25, 0.3) is 0 Å². The lowest BCUT2D eigenvalue weighted by atomic mass is 9.90. The van der Waals surface area contributed by atoms with Gasteiger partial charge in [0.15, 0.2) is 0 Å². The lowest BCUT2D eigenvalue weighted by molar-refractivity contribution is 0.311. The van der Waals surface area contributed by atoms with Crippen molar-refractivity contribution in [2.45, 2.75) is 61.3 Å². The van der Waals surface area contributed by atoms with E-state index in [9.17, 15) is 0 Å². The Morgan fingerprint density at radius 2 is 1.55 bits per heavy atom. The fourth-order valence-corrected chi connectivity index (χ4v) is 2.05. The van der Waals surface area contributed by atoms with E-state index in [2.05, 4.69) is 17.2 Å². The van der Waals surface area contributed by atoms with Gasteiger partial charge in [0, 0.05) is 0 Å². The van der Waals surface area contributed by atoms with Gasteiger partial charge in [-0.05, 0) is 51.0 Å². The van der Waals surface area contributed by atoms with Crippen LogP contribution in [0.1, 0.15) is 65.5 Å². The van der Waals surface area contributed by atoms with Crippen molar-refractivity contribution in [1.82, 2.24) is 0 Å². The molecule has 1 aliphatic rings. The van der Waals surface area contributed by atoms with E-state index in [4.69, 9.17) is 10.4 Å². The zero-order valence-electron chi connectivity index (χ0n) is 12.5. The average Bonchev–Trinajstić information content (AvgIpc) is 2.49. The molecule has 0 amide bonds. The van der Waals surface area contributed by atoms with Crippen molar-refractivity contribution in [2.24, 2.45) is 16.2 Å². The molecule has 2 N–H and O–H groups in total. The molecule has 0 radical (unpaired) electrons. The van der Waals surface area contributed by atoms with Gasteiger partial charge >= 0.3 is 0 Å². The van der Waals surface area contributed by atoms with Crippen LogP contribution in [0.3, 0.4) is 0 Å². The van der Waals surface area contributed by atoms with E-state index in [-0.39, 0.29) is 14.9 Å². The standard InChI is InChI=1S/C9H11NO.C7H13NO.2CH4/c1-7-3-5-9(6-4-7)8(2)10-11;1-6-2-4-7(8-9)5-3-6;;/h3-6,11H,1-2H3;6,9H,2-5H2,1H3;2*1H4/b10-8+;;;. The fraction of sp³-hybridized carbons (Fsp3) is 0.556. The normalized spacial score (nSPS) is 17.3. The average molecular weight is 308 g/mol. The molecule has 0 unspecified atom stereocenters. The first-order chi connectivity index (χ1) is 9.56. The second-order valence-electron chi connectivity index (χ2n) is 5.40. The van der Waals surface area contributed by atoms with E-state index in [0.717, 1.165) is 30.0 Å². The van der Waals surface area contributed by atoms with Gasteiger partial charge in [0.1, 0.15) is 0 Å². The molecule has 0 bridgehead atoms. The molecular formula is C18H32N2O2. The van der Waals surface area contributed by atoms with Crippen LogP contribution >= 0.6 is 0 Å². The van der Waals surface area contributed by atoms with Crippen LogP contribution in [0.15, 0.2) is 34.6 Å². The fourth-order valence-electron chi connectivity index (χ4n) is 2.05. The molecule has 4 nitrogen and oxygen atoms in total. The Kier molecular flexibility index (Phi) is 12.0. The van der Waals surface area contributed by atoms with Crippen molar-refractivity contribution in [2.75, 3.05) is 0 Å². The Morgan fingerprint density at radius 1 is 1.05 bits per heavy atom. The molecule has 126 valence electrons. The first kappa shape index (κ1) is 22.4. The molecule has 2 rings (SSSR count). The van der Waals surface area contributed by atoms with Gasteiger partial charge in [-0.3, -0.25) is 0 Å². The predicted molar refractivity (Wildman–Crippen MR) is 95.5 cm³/mol. The third-order valence-corrected chi connectivity index (χ3v) is 3.61. The van der Waals surface area contributed by atoms with E-state index in [1.165, 1.54) is 18.4 Å². The van der Waals surface area contributed by atoms with Gasteiger partial charge in [0.25, 0.3) is 0 Å². The topological polar surface area (TPSA) is 65.2 Å². The number of aryl methyl sites for hydroxylation is 1. The number of hydrogen-bond donors (Lipinski definition) is 2. The van der Waals surface area contributed by atoms with Crippen LogP contribution in [0.5, 0.6) is 0 Å². The van der Waals surface area contributed by atoms with Crippen molar-refractivity contribution >= 4 is 11.4 Å². The molecule has 0 aliphatic heterocycles. The summed E-state index contributed by atoms with van der Waals surface area (Å²) in [5.41, 5.74) is 3.79. The van der Waals surface area contributed by atoms with Crippen LogP contribution in [-0.2, 0) is 0 Å². The van der Waals surface area contributed by atoms with E-state index in [0.29, 0.717) is 5.71 Å². The van der Waals surface area contributed by atoms with E-state index >= 15 is 0 Å². The lowest BCUT2D eigenvalue weighted by Gasteiger charge is -2.17. The maximum Gasteiger partial charge on any atom is 0.0836 e. The summed E-state index contributed by atoms with van der Waals surface area (Å²) in [6, 6.07) is 7.85. The van der Waals surface area contributed by atoms with Crippen molar-refractivity contribution in [3.63, 3.8) is 0 Å². The van der Waals surface area contributed by atoms with Crippen LogP contribution in [0.4, 0.5) is 0 Å². The number of oxime groups is 2. The van der Waals surface area contributed by atoms with Gasteiger partial charge in [-0.2, -0.15) is 0 Å². The van der Waals surface area contributed by atoms with Gasteiger partial charge in [-0.15, -0.1) is 0 Å². The maximum atomic E-state index is 8.45. The Labute approximate surface area is 135 Å². The Morgan fingerprint density at radius 3 is 1.95 bits per heavy atom. The number of rotatable bonds is 1. The molecule has 0 atom stereocenters. The van der Waals surface area contributed by atoms with E-state index < -0.39 is 0 Å². The van der Waals surface area contributed by atoms with Gasteiger partial charge in [-0.1, -0.05) is 61.9 Å². The highest BCUT2D eigenvalue weighted by atomic mass is 16.4. The molecular weight excluding hydrogens is 276 g/mol. The minimum Gasteiger partial charge on any atom is -0.411 e. The summed E-state index contributed by atoms with van der Waals surface area (Å²) >= 11 is 0. The molecule has 0 aromatic heterocycles. The molecule has 22 heavy (non-hydrogen) atoms. The largest absolute Gasteiger partial charge is 0.411 e. The summed E-state index contributed by atoms with van der Waals surface area (Å²) in [7, 11) is 0. The molecule has 0 heterocycles. The maximum absolute atomic E-state index is 8.45. The van der Waals surface area contributed by atoms with Crippen molar-refractivity contribution in [1.29, 1.82) is 0 Å². The smallest absolute Gasteiger partial charge is 0.0836 e. The Balaban J connectivity index is 0. The SMILES string of the molecule is C.C.C/C(=N\O)c1ccc(C)cc1.CC1CCC(=NO)CC1. The second-order valence-corrected chi connectivity index (χ2v) is 5.40. The van der Waals surface area contributed by atoms with Gasteiger partial charge < -0.3 is 10.4 Å². The second kappa shape index (κ2) is 11.8. The summed E-state index contributed by atoms with van der Waals surface area (Å²) in [4.78, 5) is 0. The van der Waals surface area contributed by atoms with E-state index in [1.54, 1.807) is 6.92 Å². The lowest BCUT2D eigenvalue weighted by Crippen LogP contribution is -2.11. The highest BCUT2D eigenvalue weighted by Gasteiger charge is 2.12. The number of benzene rings is 1. The highest BCUT2D eigenvalue weighted by Crippen LogP contribution is 2.20. The van der Waals surface area contributed by atoms with E-state index in [1.807, 2.05) is 31.2 Å². The molecule has 1 fully saturated rings. The molecule has 1 aromatic rings. The number of nitrogens with zero attached hydrogens (tertiary/aromatic N) is 2. The Hall–Kier alpha value is -1.84. The zero-order chi connectivity index (χ0) is 15.0. The van der Waals surface area contributed by atoms with Gasteiger partial charge in [0.05, 0.1) is 11.4 Å². The summed E-state index contributed by atoms with van der Waals surface area (Å²) in [5.74, 6) is 0.829. The molecule has 1 saturated carbocycles. The molecule has 0 saturated heterocycles. The van der Waals surface area contributed by atoms with Crippen LogP contribution < -0.4 is 0 Å². The minimum atomic E-state index is 0. The number of hydrogen-bond acceptors (Lipinski definition) is 4. The summed E-state index contributed by atoms with van der Waals surface area (Å²) in [6.45, 7) is 6.04. The van der Waals surface area contributed by atoms with Gasteiger partial charge in [-0.25, -0.2) is 0 Å². The Bertz CT molecular complexity index is 454. The third kappa shape index (κ3) is 7.81. The van der Waals surface area contributed by atoms with Crippen molar-refractivity contribution < 1.29 is 10.4 Å². The van der Waals surface area contributed by atoms with Crippen molar-refractivity contribution in [3.8, 4) is 0 Å². The zero-order valence-corrected chi connectivity index (χ0v) is 12.5. The summed E-state index contributed by atoms with van der Waals surface area (Å²) in [6.07, 6.45) is 4.38. The van der Waals surface area contributed by atoms with Crippen LogP contribution in [0, 0.1) is 12.8 Å². The molecule has 1 aliphatic carbocycles.